The zero-order valence-electron chi connectivity index (χ0n) is 12.1. The van der Waals surface area contributed by atoms with Gasteiger partial charge in [0, 0.05) is 12.5 Å². The number of rotatable bonds is 1. The van der Waals surface area contributed by atoms with Crippen molar-refractivity contribution in [3.8, 4) is 0 Å². The van der Waals surface area contributed by atoms with Crippen LogP contribution in [0.15, 0.2) is 0 Å². The summed E-state index contributed by atoms with van der Waals surface area (Å²) in [5.74, 6) is -1.41. The maximum atomic E-state index is 12.1. The molecule has 1 amide bonds. The molecule has 0 aromatic carbocycles. The van der Waals surface area contributed by atoms with E-state index in [4.69, 9.17) is 9.47 Å². The summed E-state index contributed by atoms with van der Waals surface area (Å²) in [6.07, 6.45) is 1.05. The number of fused-ring (bicyclic) bond motifs is 1. The lowest BCUT2D eigenvalue weighted by Crippen LogP contribution is -2.39. The molecule has 3 aliphatic rings. The van der Waals surface area contributed by atoms with E-state index in [-0.39, 0.29) is 18.1 Å². The van der Waals surface area contributed by atoms with Gasteiger partial charge in [0.15, 0.2) is 0 Å². The van der Waals surface area contributed by atoms with E-state index in [0.29, 0.717) is 13.1 Å². The van der Waals surface area contributed by atoms with Crippen LogP contribution < -0.4 is 0 Å². The van der Waals surface area contributed by atoms with Crippen molar-refractivity contribution in [1.82, 2.24) is 4.90 Å². The molecule has 0 saturated carbocycles. The van der Waals surface area contributed by atoms with Gasteiger partial charge in [-0.3, -0.25) is 4.79 Å². The molecule has 1 N–H and O–H groups in total. The van der Waals surface area contributed by atoms with Crippen LogP contribution in [0.5, 0.6) is 0 Å². The number of hydrogen-bond acceptors (Lipinski definition) is 4. The Kier molecular flexibility index (Phi) is 2.80. The number of carboxylic acid groups (broad SMARTS) is 1. The molecule has 2 bridgehead atoms. The second-order valence-corrected chi connectivity index (χ2v) is 7.09. The van der Waals surface area contributed by atoms with E-state index in [1.807, 2.05) is 20.8 Å². The lowest BCUT2D eigenvalue weighted by Gasteiger charge is -2.26. The number of ether oxygens (including phenoxy) is 2. The lowest BCUT2D eigenvalue weighted by atomic mass is 9.74. The molecule has 6 heteroatoms. The van der Waals surface area contributed by atoms with Crippen LogP contribution >= 0.6 is 0 Å². The Labute approximate surface area is 118 Å². The van der Waals surface area contributed by atoms with E-state index in [9.17, 15) is 14.7 Å². The van der Waals surface area contributed by atoms with E-state index in [1.165, 1.54) is 0 Å². The summed E-state index contributed by atoms with van der Waals surface area (Å²) in [5.41, 5.74) is -0.998. The summed E-state index contributed by atoms with van der Waals surface area (Å²) in [4.78, 5) is 25.2. The lowest BCUT2D eigenvalue weighted by molar-refractivity contribution is -0.144. The molecule has 3 heterocycles. The summed E-state index contributed by atoms with van der Waals surface area (Å²) in [5, 5.41) is 9.38. The zero-order valence-corrected chi connectivity index (χ0v) is 12.1. The molecule has 4 atom stereocenters. The van der Waals surface area contributed by atoms with Gasteiger partial charge in [-0.1, -0.05) is 0 Å². The van der Waals surface area contributed by atoms with Gasteiger partial charge in [0.25, 0.3) is 0 Å². The van der Waals surface area contributed by atoms with Crippen LogP contribution in [0.4, 0.5) is 4.79 Å². The van der Waals surface area contributed by atoms with Crippen molar-refractivity contribution in [2.75, 3.05) is 13.1 Å². The molecule has 1 unspecified atom stereocenters. The molecule has 0 aromatic heterocycles. The second kappa shape index (κ2) is 4.10. The highest BCUT2D eigenvalue weighted by Crippen LogP contribution is 2.54. The van der Waals surface area contributed by atoms with Crippen LogP contribution in [0.3, 0.4) is 0 Å². The van der Waals surface area contributed by atoms with Crippen LogP contribution in [0.25, 0.3) is 0 Å². The maximum Gasteiger partial charge on any atom is 0.410 e. The van der Waals surface area contributed by atoms with E-state index in [2.05, 4.69) is 0 Å². The van der Waals surface area contributed by atoms with Gasteiger partial charge in [0.05, 0.1) is 24.2 Å². The molecule has 0 radical (unpaired) electrons. The zero-order chi connectivity index (χ0) is 14.7. The number of likely N-dealkylation sites (tertiary alicyclic amines) is 1. The van der Waals surface area contributed by atoms with Crippen molar-refractivity contribution in [2.45, 2.75) is 50.9 Å². The summed E-state index contributed by atoms with van der Waals surface area (Å²) >= 11 is 0. The Balaban J connectivity index is 1.76. The fourth-order valence-electron chi connectivity index (χ4n) is 3.85. The number of amides is 1. The van der Waals surface area contributed by atoms with Gasteiger partial charge >= 0.3 is 12.1 Å². The number of hydrogen-bond donors (Lipinski definition) is 1. The third-order valence-electron chi connectivity index (χ3n) is 4.56. The first kappa shape index (κ1) is 13.7. The predicted octanol–water partition coefficient (Wildman–Crippen LogP) is 1.49. The average Bonchev–Trinajstić information content (AvgIpc) is 2.90. The van der Waals surface area contributed by atoms with Gasteiger partial charge in [-0.2, -0.15) is 0 Å². The fraction of sp³-hybridized carbons (Fsp3) is 0.857. The Morgan fingerprint density at radius 1 is 1.40 bits per heavy atom. The van der Waals surface area contributed by atoms with Gasteiger partial charge in [-0.25, -0.2) is 4.79 Å². The largest absolute Gasteiger partial charge is 0.481 e. The summed E-state index contributed by atoms with van der Waals surface area (Å²) < 4.78 is 11.3. The topological polar surface area (TPSA) is 76.1 Å². The van der Waals surface area contributed by atoms with Crippen molar-refractivity contribution in [3.63, 3.8) is 0 Å². The van der Waals surface area contributed by atoms with Crippen molar-refractivity contribution in [3.05, 3.63) is 0 Å². The van der Waals surface area contributed by atoms with Crippen molar-refractivity contribution >= 4 is 12.1 Å². The molecule has 6 nitrogen and oxygen atoms in total. The van der Waals surface area contributed by atoms with Crippen LogP contribution in [-0.4, -0.2) is 52.5 Å². The number of carbonyl (C=O) groups is 2. The minimum Gasteiger partial charge on any atom is -0.481 e. The smallest absolute Gasteiger partial charge is 0.410 e. The fourth-order valence-corrected chi connectivity index (χ4v) is 3.85. The van der Waals surface area contributed by atoms with Crippen LogP contribution in [0.2, 0.25) is 0 Å². The number of carbonyl (C=O) groups excluding carboxylic acids is 1. The van der Waals surface area contributed by atoms with Gasteiger partial charge in [-0.15, -0.1) is 0 Å². The Morgan fingerprint density at radius 2 is 2.10 bits per heavy atom. The molecule has 112 valence electrons. The Morgan fingerprint density at radius 3 is 2.70 bits per heavy atom. The quantitative estimate of drug-likeness (QED) is 0.789. The SMILES string of the molecule is CC(C)(C)OC(=O)N1C[C@H]2[C@@H](C(=O)O)[C@H]3CCC2(C1)O3. The van der Waals surface area contributed by atoms with Gasteiger partial charge in [-0.05, 0) is 33.6 Å². The van der Waals surface area contributed by atoms with Crippen molar-refractivity contribution in [1.29, 1.82) is 0 Å². The van der Waals surface area contributed by atoms with Crippen LogP contribution in [0, 0.1) is 11.8 Å². The minimum absolute atomic E-state index is 0.105. The predicted molar refractivity (Wildman–Crippen MR) is 69.3 cm³/mol. The van der Waals surface area contributed by atoms with Crippen LogP contribution in [-0.2, 0) is 14.3 Å². The highest BCUT2D eigenvalue weighted by Gasteiger charge is 2.66. The summed E-state index contributed by atoms with van der Waals surface area (Å²) in [6, 6.07) is 0. The van der Waals surface area contributed by atoms with E-state index in [0.717, 1.165) is 12.8 Å². The second-order valence-electron chi connectivity index (χ2n) is 7.09. The first-order valence-electron chi connectivity index (χ1n) is 7.10. The molecular weight excluding hydrogens is 262 g/mol. The maximum absolute atomic E-state index is 12.1. The first-order valence-corrected chi connectivity index (χ1v) is 7.10. The first-order chi connectivity index (χ1) is 9.22. The third-order valence-corrected chi connectivity index (χ3v) is 4.56. The third kappa shape index (κ3) is 1.97. The van der Waals surface area contributed by atoms with Crippen molar-refractivity contribution in [2.24, 2.45) is 11.8 Å². The normalized spacial score (nSPS) is 39.0. The van der Waals surface area contributed by atoms with Gasteiger partial charge in [0.2, 0.25) is 0 Å². The molecule has 3 rings (SSSR count). The van der Waals surface area contributed by atoms with Gasteiger partial charge < -0.3 is 19.5 Å². The van der Waals surface area contributed by atoms with E-state index >= 15 is 0 Å². The van der Waals surface area contributed by atoms with Gasteiger partial charge in [0.1, 0.15) is 5.60 Å². The Bertz CT molecular complexity index is 457. The molecule has 1 spiro atoms. The number of nitrogens with zero attached hydrogens (tertiary/aromatic N) is 1. The standard InChI is InChI=1S/C14H21NO5/c1-13(2,3)20-12(18)15-6-8-10(11(16)17)9-4-5-14(8,7-15)19-9/h8-10H,4-7H2,1-3H3,(H,16,17)/t8-,9+,10+,14?/m0/s1. The summed E-state index contributed by atoms with van der Waals surface area (Å²) in [7, 11) is 0. The number of aliphatic carboxylic acids is 1. The minimum atomic E-state index is -0.812. The molecule has 3 aliphatic heterocycles. The molecule has 20 heavy (non-hydrogen) atoms. The molecule has 0 aliphatic carbocycles. The Hall–Kier alpha value is -1.30. The van der Waals surface area contributed by atoms with E-state index < -0.39 is 23.1 Å². The van der Waals surface area contributed by atoms with Crippen molar-refractivity contribution < 1.29 is 24.2 Å². The number of carboxylic acids is 1. The average molecular weight is 283 g/mol. The highest BCUT2D eigenvalue weighted by atomic mass is 16.6. The molecule has 0 aromatic rings. The monoisotopic (exact) mass is 283 g/mol. The molecule has 3 saturated heterocycles. The molecular formula is C14H21NO5. The molecule has 3 fully saturated rings. The van der Waals surface area contributed by atoms with Crippen LogP contribution in [0.1, 0.15) is 33.6 Å². The summed E-state index contributed by atoms with van der Waals surface area (Å²) in [6.45, 7) is 6.34. The highest BCUT2D eigenvalue weighted by molar-refractivity contribution is 5.74. The van der Waals surface area contributed by atoms with E-state index in [1.54, 1.807) is 4.90 Å².